The third-order valence-corrected chi connectivity index (χ3v) is 8.74. The molecule has 2 heterocycles. The molecule has 0 saturated carbocycles. The number of hydrogen-bond acceptors (Lipinski definition) is 3. The zero-order chi connectivity index (χ0) is 26.3. The van der Waals surface area contributed by atoms with Crippen LogP contribution in [-0.4, -0.2) is 41.8 Å². The lowest BCUT2D eigenvalue weighted by atomic mass is 9.90. The van der Waals surface area contributed by atoms with E-state index in [0.717, 1.165) is 61.9 Å². The van der Waals surface area contributed by atoms with Crippen LogP contribution >= 0.6 is 11.6 Å². The zero-order valence-corrected chi connectivity index (χ0v) is 23.6. The number of rotatable bonds is 9. The fraction of sp³-hybridized carbons (Fsp3) is 0.441. The lowest BCUT2D eigenvalue weighted by Crippen LogP contribution is -2.33. The summed E-state index contributed by atoms with van der Waals surface area (Å²) in [5.74, 6) is 1.07. The zero-order valence-electron chi connectivity index (χ0n) is 22.8. The molecule has 0 radical (unpaired) electrons. The average Bonchev–Trinajstić information content (AvgIpc) is 3.14. The number of carbonyl (C=O) groups is 1. The molecular weight excluding hydrogens is 488 g/mol. The number of nitrogens with zero attached hydrogens (tertiary/aromatic N) is 2. The number of likely N-dealkylation sites (tertiary alicyclic amines) is 1. The van der Waals surface area contributed by atoms with E-state index < -0.39 is 0 Å². The van der Waals surface area contributed by atoms with Crippen LogP contribution in [0, 0.1) is 12.8 Å². The van der Waals surface area contributed by atoms with Crippen molar-refractivity contribution >= 4 is 17.4 Å². The standard InChI is InChI=1S/C34H41ClN2O/c1-26-5-7-28(8-6-26)24-36-19-15-27(16-20-36)3-2-4-34(38)32-12-11-30-17-21-37(22-18-31(30)23-32)25-29-9-13-33(35)14-10-29/h5-14,23,27H,2-4,15-22,24-25H2,1H3. The van der Waals surface area contributed by atoms with Gasteiger partial charge < -0.3 is 0 Å². The monoisotopic (exact) mass is 528 g/mol. The highest BCUT2D eigenvalue weighted by molar-refractivity contribution is 6.30. The second kappa shape index (κ2) is 13.1. The van der Waals surface area contributed by atoms with E-state index >= 15 is 0 Å². The minimum atomic E-state index is 0.312. The highest BCUT2D eigenvalue weighted by atomic mass is 35.5. The molecule has 0 unspecified atom stereocenters. The molecule has 1 fully saturated rings. The molecule has 2 aliphatic heterocycles. The summed E-state index contributed by atoms with van der Waals surface area (Å²) >= 11 is 6.04. The molecule has 3 aromatic rings. The van der Waals surface area contributed by atoms with E-state index in [1.54, 1.807) is 0 Å². The van der Waals surface area contributed by atoms with Gasteiger partial charge in [-0.15, -0.1) is 0 Å². The Morgan fingerprint density at radius 3 is 2.08 bits per heavy atom. The van der Waals surface area contributed by atoms with Gasteiger partial charge in [0.2, 0.25) is 0 Å². The van der Waals surface area contributed by atoms with Crippen molar-refractivity contribution < 1.29 is 4.79 Å². The molecule has 3 aromatic carbocycles. The van der Waals surface area contributed by atoms with E-state index in [1.165, 1.54) is 60.2 Å². The van der Waals surface area contributed by atoms with Crippen molar-refractivity contribution in [2.75, 3.05) is 26.2 Å². The van der Waals surface area contributed by atoms with Crippen molar-refractivity contribution in [2.45, 2.75) is 65.0 Å². The Labute approximate surface area is 233 Å². The molecule has 0 atom stereocenters. The van der Waals surface area contributed by atoms with Crippen molar-refractivity contribution in [3.63, 3.8) is 0 Å². The summed E-state index contributed by atoms with van der Waals surface area (Å²) in [5, 5.41) is 0.786. The fourth-order valence-electron chi connectivity index (χ4n) is 6.03. The van der Waals surface area contributed by atoms with Crippen LogP contribution in [-0.2, 0) is 25.9 Å². The van der Waals surface area contributed by atoms with Gasteiger partial charge in [0, 0.05) is 43.2 Å². The van der Waals surface area contributed by atoms with E-state index in [-0.39, 0.29) is 0 Å². The Hall–Kier alpha value is -2.46. The SMILES string of the molecule is Cc1ccc(CN2CCC(CCCC(=O)c3ccc4c(c3)CCN(Cc3ccc(Cl)cc3)CC4)CC2)cc1. The number of piperidine rings is 1. The minimum absolute atomic E-state index is 0.312. The predicted octanol–water partition coefficient (Wildman–Crippen LogP) is 7.51. The Morgan fingerprint density at radius 1 is 0.789 bits per heavy atom. The average molecular weight is 529 g/mol. The van der Waals surface area contributed by atoms with Crippen LogP contribution in [0.2, 0.25) is 5.02 Å². The molecule has 2 aliphatic rings. The fourth-order valence-corrected chi connectivity index (χ4v) is 6.16. The minimum Gasteiger partial charge on any atom is -0.299 e. The maximum atomic E-state index is 13.0. The first-order chi connectivity index (χ1) is 18.5. The first kappa shape index (κ1) is 27.1. The molecule has 5 rings (SSSR count). The van der Waals surface area contributed by atoms with Gasteiger partial charge in [0.1, 0.15) is 0 Å². The van der Waals surface area contributed by atoms with Crippen LogP contribution in [0.1, 0.15) is 70.3 Å². The number of carbonyl (C=O) groups excluding carboxylic acids is 1. The molecule has 1 saturated heterocycles. The Bertz CT molecular complexity index is 1200. The maximum absolute atomic E-state index is 13.0. The molecule has 200 valence electrons. The molecule has 4 heteroatoms. The number of fused-ring (bicyclic) bond motifs is 1. The summed E-state index contributed by atoms with van der Waals surface area (Å²) in [5.41, 5.74) is 7.70. The number of aryl methyl sites for hydroxylation is 1. The van der Waals surface area contributed by atoms with Crippen LogP contribution in [0.4, 0.5) is 0 Å². The number of halogens is 1. The van der Waals surface area contributed by atoms with Gasteiger partial charge in [-0.05, 0) is 105 Å². The smallest absolute Gasteiger partial charge is 0.162 e. The first-order valence-electron chi connectivity index (χ1n) is 14.4. The molecule has 0 amide bonds. The Morgan fingerprint density at radius 2 is 1.39 bits per heavy atom. The molecule has 0 aliphatic carbocycles. The van der Waals surface area contributed by atoms with E-state index in [1.807, 2.05) is 12.1 Å². The van der Waals surface area contributed by atoms with Crippen LogP contribution in [0.15, 0.2) is 66.7 Å². The van der Waals surface area contributed by atoms with E-state index in [2.05, 4.69) is 71.3 Å². The molecule has 0 spiro atoms. The van der Waals surface area contributed by atoms with Gasteiger partial charge in [-0.3, -0.25) is 14.6 Å². The second-order valence-electron chi connectivity index (χ2n) is 11.4. The molecule has 3 nitrogen and oxygen atoms in total. The van der Waals surface area contributed by atoms with Gasteiger partial charge in [0.05, 0.1) is 0 Å². The number of ketones is 1. The van der Waals surface area contributed by atoms with Crippen LogP contribution < -0.4 is 0 Å². The highest BCUT2D eigenvalue weighted by Crippen LogP contribution is 2.25. The predicted molar refractivity (Wildman–Crippen MR) is 158 cm³/mol. The molecule has 0 bridgehead atoms. The van der Waals surface area contributed by atoms with Crippen LogP contribution in [0.25, 0.3) is 0 Å². The lowest BCUT2D eigenvalue weighted by molar-refractivity contribution is 0.0974. The summed E-state index contributed by atoms with van der Waals surface area (Å²) in [6.45, 7) is 8.57. The van der Waals surface area contributed by atoms with Crippen molar-refractivity contribution in [1.29, 1.82) is 0 Å². The maximum Gasteiger partial charge on any atom is 0.162 e. The third kappa shape index (κ3) is 7.56. The van der Waals surface area contributed by atoms with Gasteiger partial charge in [-0.1, -0.05) is 65.7 Å². The van der Waals surface area contributed by atoms with Gasteiger partial charge >= 0.3 is 0 Å². The number of hydrogen-bond donors (Lipinski definition) is 0. The third-order valence-electron chi connectivity index (χ3n) is 8.49. The van der Waals surface area contributed by atoms with E-state index in [9.17, 15) is 4.79 Å². The van der Waals surface area contributed by atoms with E-state index in [0.29, 0.717) is 12.2 Å². The van der Waals surface area contributed by atoms with Crippen molar-refractivity contribution in [3.05, 3.63) is 105 Å². The number of Topliss-reactive ketones (excluding diaryl/α,β-unsaturated/α-hetero) is 1. The summed E-state index contributed by atoms with van der Waals surface area (Å²) in [7, 11) is 0. The lowest BCUT2D eigenvalue weighted by Gasteiger charge is -2.32. The molecule has 0 aromatic heterocycles. The molecule has 0 N–H and O–H groups in total. The molecule has 38 heavy (non-hydrogen) atoms. The van der Waals surface area contributed by atoms with Gasteiger partial charge in [-0.25, -0.2) is 0 Å². The van der Waals surface area contributed by atoms with Crippen molar-refractivity contribution in [2.24, 2.45) is 5.92 Å². The van der Waals surface area contributed by atoms with E-state index in [4.69, 9.17) is 11.6 Å². The van der Waals surface area contributed by atoms with Gasteiger partial charge in [0.25, 0.3) is 0 Å². The second-order valence-corrected chi connectivity index (χ2v) is 11.8. The van der Waals surface area contributed by atoms with Crippen LogP contribution in [0.3, 0.4) is 0 Å². The van der Waals surface area contributed by atoms with Gasteiger partial charge in [0.15, 0.2) is 5.78 Å². The van der Waals surface area contributed by atoms with Crippen molar-refractivity contribution in [1.82, 2.24) is 9.80 Å². The summed E-state index contributed by atoms with van der Waals surface area (Å²) in [6, 6.07) is 23.6. The van der Waals surface area contributed by atoms with Crippen molar-refractivity contribution in [3.8, 4) is 0 Å². The Kier molecular flexibility index (Phi) is 9.32. The summed E-state index contributed by atoms with van der Waals surface area (Å²) in [6.07, 6.45) is 7.41. The largest absolute Gasteiger partial charge is 0.299 e. The quantitative estimate of drug-likeness (QED) is 0.268. The topological polar surface area (TPSA) is 23.6 Å². The summed E-state index contributed by atoms with van der Waals surface area (Å²) < 4.78 is 0. The number of benzene rings is 3. The van der Waals surface area contributed by atoms with Crippen LogP contribution in [0.5, 0.6) is 0 Å². The first-order valence-corrected chi connectivity index (χ1v) is 14.8. The van der Waals surface area contributed by atoms with Gasteiger partial charge in [-0.2, -0.15) is 0 Å². The Balaban J connectivity index is 1.04. The molecular formula is C34H41ClN2O. The normalized spacial score (nSPS) is 17.2. The highest BCUT2D eigenvalue weighted by Gasteiger charge is 2.20. The summed E-state index contributed by atoms with van der Waals surface area (Å²) in [4.78, 5) is 18.1.